The minimum absolute atomic E-state index is 0.207. The number of amides is 1. The fraction of sp³-hybridized carbons (Fsp3) is 0.211. The van der Waals surface area contributed by atoms with Crippen LogP contribution in [0.2, 0.25) is 0 Å². The van der Waals surface area contributed by atoms with E-state index in [9.17, 15) is 14.9 Å². The Balaban J connectivity index is 2.12. The number of methoxy groups -OCH3 is 2. The van der Waals surface area contributed by atoms with Gasteiger partial charge in [0.15, 0.2) is 23.2 Å². The number of nitrogens with one attached hydrogen (secondary N) is 1. The molecule has 0 spiro atoms. The molecule has 0 aliphatic rings. The van der Waals surface area contributed by atoms with E-state index in [1.54, 1.807) is 12.1 Å². The van der Waals surface area contributed by atoms with Crippen molar-refractivity contribution in [2.45, 2.75) is 6.54 Å². The van der Waals surface area contributed by atoms with Crippen LogP contribution in [0.3, 0.4) is 0 Å². The fourth-order valence-electron chi connectivity index (χ4n) is 2.28. The molecule has 1 unspecified atom stereocenters. The molecule has 0 aliphatic carbocycles. The molecule has 2 rings (SSSR count). The van der Waals surface area contributed by atoms with E-state index >= 15 is 0 Å². The molecule has 25 heavy (non-hydrogen) atoms. The predicted molar refractivity (Wildman–Crippen MR) is 91.3 cm³/mol. The van der Waals surface area contributed by atoms with E-state index < -0.39 is 17.6 Å². The summed E-state index contributed by atoms with van der Waals surface area (Å²) >= 11 is 0. The molecule has 128 valence electrons. The van der Waals surface area contributed by atoms with E-state index in [0.717, 1.165) is 5.56 Å². The third kappa shape index (κ3) is 4.36. The molecule has 0 saturated heterocycles. The van der Waals surface area contributed by atoms with Crippen LogP contribution in [0.15, 0.2) is 48.5 Å². The molecular weight excluding hydrogens is 320 g/mol. The van der Waals surface area contributed by atoms with Crippen molar-refractivity contribution in [2.24, 2.45) is 5.92 Å². The quantitative estimate of drug-likeness (QED) is 0.618. The molecule has 1 amide bonds. The van der Waals surface area contributed by atoms with Gasteiger partial charge in [0.05, 0.1) is 20.3 Å². The van der Waals surface area contributed by atoms with Crippen molar-refractivity contribution in [3.05, 3.63) is 59.7 Å². The Morgan fingerprint density at radius 2 is 1.76 bits per heavy atom. The lowest BCUT2D eigenvalue weighted by Gasteiger charge is -2.12. The molecule has 0 radical (unpaired) electrons. The van der Waals surface area contributed by atoms with Crippen molar-refractivity contribution >= 4 is 11.7 Å². The molecule has 0 saturated carbocycles. The minimum atomic E-state index is -1.43. The molecule has 6 heteroatoms. The third-order valence-corrected chi connectivity index (χ3v) is 3.63. The number of hydrogen-bond donors (Lipinski definition) is 1. The van der Waals surface area contributed by atoms with Crippen molar-refractivity contribution in [2.75, 3.05) is 14.2 Å². The van der Waals surface area contributed by atoms with Crippen LogP contribution >= 0.6 is 0 Å². The molecule has 1 N–H and O–H groups in total. The van der Waals surface area contributed by atoms with Crippen molar-refractivity contribution in [3.8, 4) is 17.6 Å². The second-order valence-electron chi connectivity index (χ2n) is 5.20. The summed E-state index contributed by atoms with van der Waals surface area (Å²) in [6, 6.07) is 15.5. The number of carbonyl (C=O) groups excluding carboxylic acids is 2. The van der Waals surface area contributed by atoms with Gasteiger partial charge in [-0.3, -0.25) is 9.59 Å². The first kappa shape index (κ1) is 18.0. The zero-order valence-electron chi connectivity index (χ0n) is 14.0. The first-order valence-electron chi connectivity index (χ1n) is 7.58. The van der Waals surface area contributed by atoms with Crippen LogP contribution in [0.4, 0.5) is 0 Å². The molecule has 0 bridgehead atoms. The van der Waals surface area contributed by atoms with Crippen LogP contribution in [-0.4, -0.2) is 25.9 Å². The van der Waals surface area contributed by atoms with E-state index in [-0.39, 0.29) is 12.1 Å². The Bertz CT molecular complexity index is 797. The number of ketones is 1. The maximum Gasteiger partial charge on any atom is 0.245 e. The van der Waals surface area contributed by atoms with Gasteiger partial charge in [-0.25, -0.2) is 0 Å². The Kier molecular flexibility index (Phi) is 6.13. The van der Waals surface area contributed by atoms with Gasteiger partial charge in [-0.2, -0.15) is 5.26 Å². The topological polar surface area (TPSA) is 88.4 Å². The molecule has 6 nitrogen and oxygen atoms in total. The highest BCUT2D eigenvalue weighted by atomic mass is 16.5. The van der Waals surface area contributed by atoms with Crippen molar-refractivity contribution in [1.29, 1.82) is 5.26 Å². The van der Waals surface area contributed by atoms with E-state index in [1.165, 1.54) is 26.4 Å². The molecule has 0 fully saturated rings. The molecule has 0 aliphatic heterocycles. The van der Waals surface area contributed by atoms with Gasteiger partial charge in [0.2, 0.25) is 5.91 Å². The summed E-state index contributed by atoms with van der Waals surface area (Å²) in [4.78, 5) is 24.7. The zero-order chi connectivity index (χ0) is 18.2. The van der Waals surface area contributed by atoms with Crippen LogP contribution in [-0.2, 0) is 11.3 Å². The number of benzene rings is 2. The van der Waals surface area contributed by atoms with Crippen LogP contribution in [0, 0.1) is 17.2 Å². The number of rotatable bonds is 7. The van der Waals surface area contributed by atoms with Gasteiger partial charge in [0, 0.05) is 12.1 Å². The fourth-order valence-corrected chi connectivity index (χ4v) is 2.28. The monoisotopic (exact) mass is 338 g/mol. The smallest absolute Gasteiger partial charge is 0.245 e. The van der Waals surface area contributed by atoms with Gasteiger partial charge >= 0.3 is 0 Å². The minimum Gasteiger partial charge on any atom is -0.493 e. The molecule has 1 atom stereocenters. The lowest BCUT2D eigenvalue weighted by Crippen LogP contribution is -2.34. The highest BCUT2D eigenvalue weighted by Gasteiger charge is 2.28. The van der Waals surface area contributed by atoms with E-state index in [2.05, 4.69) is 5.32 Å². The van der Waals surface area contributed by atoms with E-state index in [0.29, 0.717) is 11.5 Å². The van der Waals surface area contributed by atoms with Gasteiger partial charge in [-0.05, 0) is 23.8 Å². The summed E-state index contributed by atoms with van der Waals surface area (Å²) in [5, 5.41) is 11.9. The first-order valence-corrected chi connectivity index (χ1v) is 7.58. The van der Waals surface area contributed by atoms with Crippen LogP contribution in [0.25, 0.3) is 0 Å². The summed E-state index contributed by atoms with van der Waals surface area (Å²) in [5.74, 6) is -1.84. The van der Waals surface area contributed by atoms with Crippen LogP contribution < -0.4 is 14.8 Å². The summed E-state index contributed by atoms with van der Waals surface area (Å²) in [7, 11) is 2.93. The Hall–Kier alpha value is -3.33. The molecule has 2 aromatic carbocycles. The normalized spacial score (nSPS) is 11.1. The summed E-state index contributed by atoms with van der Waals surface area (Å²) < 4.78 is 10.3. The largest absolute Gasteiger partial charge is 0.493 e. The summed E-state index contributed by atoms with van der Waals surface area (Å²) in [6.07, 6.45) is 0. The second kappa shape index (κ2) is 8.50. The number of nitrogens with zero attached hydrogens (tertiary/aromatic N) is 1. The van der Waals surface area contributed by atoms with Gasteiger partial charge in [-0.15, -0.1) is 0 Å². The Labute approximate surface area is 146 Å². The lowest BCUT2D eigenvalue weighted by molar-refractivity contribution is -0.122. The van der Waals surface area contributed by atoms with Gasteiger partial charge in [0.1, 0.15) is 0 Å². The lowest BCUT2D eigenvalue weighted by atomic mass is 9.97. The van der Waals surface area contributed by atoms with Crippen LogP contribution in [0.5, 0.6) is 11.5 Å². The van der Waals surface area contributed by atoms with Crippen molar-refractivity contribution < 1.29 is 19.1 Å². The summed E-state index contributed by atoms with van der Waals surface area (Å²) in [6.45, 7) is 0.247. The highest BCUT2D eigenvalue weighted by Crippen LogP contribution is 2.28. The SMILES string of the molecule is COc1ccc(C(=O)C(C#N)C(=O)NCc2ccccc2)cc1OC. The number of carbonyl (C=O) groups is 2. The maximum atomic E-state index is 12.5. The van der Waals surface area contributed by atoms with Crippen molar-refractivity contribution in [1.82, 2.24) is 5.32 Å². The van der Waals surface area contributed by atoms with Crippen LogP contribution in [0.1, 0.15) is 15.9 Å². The highest BCUT2D eigenvalue weighted by molar-refractivity contribution is 6.12. The molecule has 2 aromatic rings. The third-order valence-electron chi connectivity index (χ3n) is 3.63. The average molecular weight is 338 g/mol. The number of nitriles is 1. The zero-order valence-corrected chi connectivity index (χ0v) is 14.0. The molecule has 0 aromatic heterocycles. The number of ether oxygens (including phenoxy) is 2. The van der Waals surface area contributed by atoms with E-state index in [4.69, 9.17) is 9.47 Å². The standard InChI is InChI=1S/C19H18N2O4/c1-24-16-9-8-14(10-17(16)25-2)18(22)15(11-20)19(23)21-12-13-6-4-3-5-7-13/h3-10,15H,12H2,1-2H3,(H,21,23). The Morgan fingerprint density at radius 1 is 1.08 bits per heavy atom. The van der Waals surface area contributed by atoms with Gasteiger partial charge in [-0.1, -0.05) is 30.3 Å². The molecule has 0 heterocycles. The first-order chi connectivity index (χ1) is 12.1. The predicted octanol–water partition coefficient (Wildman–Crippen LogP) is 2.34. The number of hydrogen-bond acceptors (Lipinski definition) is 5. The average Bonchev–Trinajstić information content (AvgIpc) is 2.67. The molecular formula is C19H18N2O4. The number of Topliss-reactive ketones (excluding diaryl/α,β-unsaturated/α-hetero) is 1. The van der Waals surface area contributed by atoms with E-state index in [1.807, 2.05) is 30.3 Å². The van der Waals surface area contributed by atoms with Gasteiger partial charge < -0.3 is 14.8 Å². The van der Waals surface area contributed by atoms with Crippen molar-refractivity contribution in [3.63, 3.8) is 0 Å². The second-order valence-corrected chi connectivity index (χ2v) is 5.20. The van der Waals surface area contributed by atoms with Gasteiger partial charge in [0.25, 0.3) is 0 Å². The Morgan fingerprint density at radius 3 is 2.36 bits per heavy atom. The summed E-state index contributed by atoms with van der Waals surface area (Å²) in [5.41, 5.74) is 1.09. The maximum absolute atomic E-state index is 12.5.